The van der Waals surface area contributed by atoms with Gasteiger partial charge in [-0.15, -0.1) is 0 Å². The zero-order chi connectivity index (χ0) is 35.4. The second kappa shape index (κ2) is 11.5. The number of benzene rings is 6. The number of aromatic nitrogens is 2. The van der Waals surface area contributed by atoms with Crippen molar-refractivity contribution in [2.45, 2.75) is 6.92 Å². The first-order valence-electron chi connectivity index (χ1n) is 15.8. The quantitative estimate of drug-likeness (QED) is 0.186. The molecule has 8 rings (SSSR count). The van der Waals surface area contributed by atoms with E-state index < -0.39 is 0 Å². The van der Waals surface area contributed by atoms with Gasteiger partial charge in [-0.1, -0.05) is 6.07 Å². The van der Waals surface area contributed by atoms with Crippen LogP contribution in [0, 0.1) is 74.9 Å². The van der Waals surface area contributed by atoms with Crippen molar-refractivity contribution >= 4 is 43.6 Å². The lowest BCUT2D eigenvalue weighted by molar-refractivity contribution is 1.13. The SMILES string of the molecule is Cc1cc(C#N)ccc1-c1c(-n2c3ccc(C#N)cc3c3cc(C#N)ccc32)cc(C#N)cc1-n1c2ccc(C#N)cc2c2cc(C#N)ccc21. The molecule has 0 spiro atoms. The minimum Gasteiger partial charge on any atom is -0.308 e. The molecule has 0 bridgehead atoms. The van der Waals surface area contributed by atoms with Gasteiger partial charge in [-0.3, -0.25) is 0 Å². The van der Waals surface area contributed by atoms with Gasteiger partial charge >= 0.3 is 0 Å². The average molecular weight is 649 g/mol. The predicted octanol–water partition coefficient (Wildman–Crippen LogP) is 9.09. The van der Waals surface area contributed by atoms with Crippen LogP contribution in [0.3, 0.4) is 0 Å². The molecule has 0 saturated heterocycles. The molecular formula is C43H20N8. The number of fused-ring (bicyclic) bond motifs is 6. The second-order valence-corrected chi connectivity index (χ2v) is 12.2. The topological polar surface area (TPSA) is 153 Å². The highest BCUT2D eigenvalue weighted by molar-refractivity contribution is 6.13. The molecule has 0 radical (unpaired) electrons. The van der Waals surface area contributed by atoms with Crippen LogP contribution in [-0.2, 0) is 0 Å². The van der Waals surface area contributed by atoms with Crippen LogP contribution in [0.4, 0.5) is 0 Å². The Balaban J connectivity index is 1.61. The molecule has 232 valence electrons. The molecule has 0 fully saturated rings. The number of nitrogens with zero attached hydrogens (tertiary/aromatic N) is 8. The number of rotatable bonds is 3. The first-order chi connectivity index (χ1) is 24.9. The van der Waals surface area contributed by atoms with Crippen molar-refractivity contribution in [3.63, 3.8) is 0 Å². The lowest BCUT2D eigenvalue weighted by atomic mass is 9.93. The molecule has 8 aromatic rings. The lowest BCUT2D eigenvalue weighted by Gasteiger charge is -2.22. The van der Waals surface area contributed by atoms with Gasteiger partial charge in [0.05, 0.1) is 103 Å². The summed E-state index contributed by atoms with van der Waals surface area (Å²) in [6.07, 6.45) is 0. The van der Waals surface area contributed by atoms with Crippen LogP contribution >= 0.6 is 0 Å². The van der Waals surface area contributed by atoms with E-state index in [2.05, 4.69) is 45.5 Å². The second-order valence-electron chi connectivity index (χ2n) is 12.2. The molecule has 2 heterocycles. The normalized spacial score (nSPS) is 10.7. The molecule has 8 nitrogen and oxygen atoms in total. The molecule has 51 heavy (non-hydrogen) atoms. The summed E-state index contributed by atoms with van der Waals surface area (Å²) >= 11 is 0. The Morgan fingerprint density at radius 1 is 0.373 bits per heavy atom. The van der Waals surface area contributed by atoms with E-state index in [-0.39, 0.29) is 0 Å². The van der Waals surface area contributed by atoms with Crippen molar-refractivity contribution in [2.24, 2.45) is 0 Å². The van der Waals surface area contributed by atoms with Crippen LogP contribution in [0.1, 0.15) is 38.9 Å². The minimum atomic E-state index is 0.379. The third kappa shape index (κ3) is 4.55. The zero-order valence-electron chi connectivity index (χ0n) is 26.9. The molecule has 6 aromatic carbocycles. The summed E-state index contributed by atoms with van der Waals surface area (Å²) in [5.41, 5.74) is 9.59. The van der Waals surface area contributed by atoms with E-state index in [1.54, 1.807) is 30.3 Å². The standard InChI is InChI=1S/C43H20N8/c1-25-12-26(19-44)2-7-32(25)43-41(50-37-8-3-27(20-45)13-33(37)34-14-28(21-46)4-9-38(34)50)17-31(24-49)18-42(43)51-39-10-5-29(22-47)15-35(39)36-16-30(23-48)6-11-40(36)51/h2-18H,1H3. The number of nitriles is 6. The minimum absolute atomic E-state index is 0.379. The van der Waals surface area contributed by atoms with E-state index in [1.807, 2.05) is 79.7 Å². The van der Waals surface area contributed by atoms with Crippen molar-refractivity contribution in [1.29, 1.82) is 31.6 Å². The summed E-state index contributed by atoms with van der Waals surface area (Å²) in [6.45, 7) is 1.94. The van der Waals surface area contributed by atoms with Gasteiger partial charge in [0.15, 0.2) is 0 Å². The molecule has 0 N–H and O–H groups in total. The van der Waals surface area contributed by atoms with Gasteiger partial charge in [-0.25, -0.2) is 0 Å². The van der Waals surface area contributed by atoms with Gasteiger partial charge in [0.25, 0.3) is 0 Å². The number of aryl methyl sites for hydroxylation is 1. The monoisotopic (exact) mass is 648 g/mol. The van der Waals surface area contributed by atoms with Crippen LogP contribution < -0.4 is 0 Å². The fraction of sp³-hybridized carbons (Fsp3) is 0.0233. The van der Waals surface area contributed by atoms with Crippen molar-refractivity contribution in [2.75, 3.05) is 0 Å². The maximum atomic E-state index is 10.5. The van der Waals surface area contributed by atoms with E-state index in [4.69, 9.17) is 0 Å². The Morgan fingerprint density at radius 3 is 1.00 bits per heavy atom. The van der Waals surface area contributed by atoms with Crippen LogP contribution in [0.5, 0.6) is 0 Å². The molecule has 0 unspecified atom stereocenters. The van der Waals surface area contributed by atoms with Gasteiger partial charge in [-0.05, 0) is 115 Å². The Labute approximate surface area is 291 Å². The van der Waals surface area contributed by atoms with E-state index in [0.717, 1.165) is 60.3 Å². The van der Waals surface area contributed by atoms with Crippen LogP contribution in [-0.4, -0.2) is 9.13 Å². The highest BCUT2D eigenvalue weighted by Gasteiger charge is 2.24. The van der Waals surface area contributed by atoms with Gasteiger partial charge in [0.2, 0.25) is 0 Å². The molecule has 8 heteroatoms. The molecule has 0 aliphatic carbocycles. The lowest BCUT2D eigenvalue weighted by Crippen LogP contribution is -2.06. The van der Waals surface area contributed by atoms with E-state index in [0.29, 0.717) is 44.8 Å². The summed E-state index contributed by atoms with van der Waals surface area (Å²) in [5.74, 6) is 0. The van der Waals surface area contributed by atoms with Crippen molar-refractivity contribution in [3.8, 4) is 58.9 Å². The van der Waals surface area contributed by atoms with E-state index in [1.165, 1.54) is 0 Å². The van der Waals surface area contributed by atoms with Crippen molar-refractivity contribution < 1.29 is 0 Å². The smallest absolute Gasteiger partial charge is 0.0993 e. The third-order valence-electron chi connectivity index (χ3n) is 9.38. The summed E-state index contributed by atoms with van der Waals surface area (Å²) in [6, 6.07) is 44.4. The van der Waals surface area contributed by atoms with Gasteiger partial charge < -0.3 is 9.13 Å². The molecule has 0 amide bonds. The first-order valence-corrected chi connectivity index (χ1v) is 15.8. The fourth-order valence-electron chi connectivity index (χ4n) is 7.16. The maximum Gasteiger partial charge on any atom is 0.0993 e. The van der Waals surface area contributed by atoms with E-state index in [9.17, 15) is 31.6 Å². The highest BCUT2D eigenvalue weighted by Crippen LogP contribution is 2.44. The fourth-order valence-corrected chi connectivity index (χ4v) is 7.16. The number of hydrogen-bond donors (Lipinski definition) is 0. The van der Waals surface area contributed by atoms with Gasteiger partial charge in [0.1, 0.15) is 0 Å². The Bertz CT molecular complexity index is 2800. The summed E-state index contributed by atoms with van der Waals surface area (Å²) in [4.78, 5) is 0. The van der Waals surface area contributed by atoms with Crippen LogP contribution in [0.15, 0.2) is 103 Å². The summed E-state index contributed by atoms with van der Waals surface area (Å²) in [5, 5.41) is 62.6. The Kier molecular flexibility index (Phi) is 6.83. The maximum absolute atomic E-state index is 10.5. The molecule has 0 aliphatic heterocycles. The largest absolute Gasteiger partial charge is 0.308 e. The summed E-state index contributed by atoms with van der Waals surface area (Å²) in [7, 11) is 0. The zero-order valence-corrected chi connectivity index (χ0v) is 26.9. The highest BCUT2D eigenvalue weighted by atomic mass is 15.0. The molecule has 0 aliphatic rings. The Hall–Kier alpha value is -8.14. The number of hydrogen-bond acceptors (Lipinski definition) is 6. The predicted molar refractivity (Wildman–Crippen MR) is 194 cm³/mol. The molecular weight excluding hydrogens is 629 g/mol. The molecule has 0 atom stereocenters. The van der Waals surface area contributed by atoms with Crippen LogP contribution in [0.25, 0.3) is 66.1 Å². The van der Waals surface area contributed by atoms with Gasteiger partial charge in [-0.2, -0.15) is 31.6 Å². The average Bonchev–Trinajstić information content (AvgIpc) is 3.68. The summed E-state index contributed by atoms with van der Waals surface area (Å²) < 4.78 is 4.11. The van der Waals surface area contributed by atoms with Crippen molar-refractivity contribution in [1.82, 2.24) is 9.13 Å². The molecule has 2 aromatic heterocycles. The van der Waals surface area contributed by atoms with Crippen LogP contribution in [0.2, 0.25) is 0 Å². The van der Waals surface area contributed by atoms with Crippen molar-refractivity contribution in [3.05, 3.63) is 142 Å². The first kappa shape index (κ1) is 30.2. The van der Waals surface area contributed by atoms with E-state index >= 15 is 0 Å². The molecule has 0 saturated carbocycles. The van der Waals surface area contributed by atoms with Gasteiger partial charge in [0, 0.05) is 27.1 Å². The third-order valence-corrected chi connectivity index (χ3v) is 9.38. The Morgan fingerprint density at radius 2 is 0.686 bits per heavy atom.